The second kappa shape index (κ2) is 7.58. The first-order valence-corrected chi connectivity index (χ1v) is 9.69. The Morgan fingerprint density at radius 1 is 1.15 bits per heavy atom. The topological polar surface area (TPSA) is 63.7 Å². The molecule has 0 fully saturated rings. The molecule has 1 unspecified atom stereocenters. The largest absolute Gasteiger partial charge is 0.463 e. The molecule has 1 aliphatic rings. The fourth-order valence-electron chi connectivity index (χ4n) is 2.98. The number of hydrogen-bond donors (Lipinski definition) is 0. The molecule has 3 rings (SSSR count). The highest BCUT2D eigenvalue weighted by molar-refractivity contribution is 7.89. The van der Waals surface area contributed by atoms with Gasteiger partial charge in [0.05, 0.1) is 18.2 Å². The Morgan fingerprint density at radius 2 is 1.81 bits per heavy atom. The number of sulfonamides is 1. The molecule has 2 aromatic rings. The summed E-state index contributed by atoms with van der Waals surface area (Å²) in [4.78, 5) is 11.8. The van der Waals surface area contributed by atoms with E-state index in [1.807, 2.05) is 0 Å². The highest BCUT2D eigenvalue weighted by Crippen LogP contribution is 2.38. The lowest BCUT2D eigenvalue weighted by atomic mass is 10.0. The van der Waals surface area contributed by atoms with E-state index in [4.69, 9.17) is 4.74 Å². The van der Waals surface area contributed by atoms with E-state index in [0.29, 0.717) is 5.56 Å². The number of carbonyl (C=O) groups is 1. The SMILES string of the molecule is CCOC(=O)C1=CCN(S(=O)(=O)c2ccccc2F)C1c1ccc(F)cc1. The number of rotatable bonds is 5. The lowest BCUT2D eigenvalue weighted by molar-refractivity contribution is -0.138. The van der Waals surface area contributed by atoms with Crippen LogP contribution in [0.15, 0.2) is 65.1 Å². The predicted molar refractivity (Wildman–Crippen MR) is 94.1 cm³/mol. The minimum atomic E-state index is -4.25. The molecule has 2 aromatic carbocycles. The third-order valence-corrected chi connectivity index (χ3v) is 6.06. The fraction of sp³-hybridized carbons (Fsp3) is 0.211. The van der Waals surface area contributed by atoms with Crippen LogP contribution in [0.2, 0.25) is 0 Å². The van der Waals surface area contributed by atoms with Crippen LogP contribution in [-0.2, 0) is 19.6 Å². The molecule has 0 saturated heterocycles. The molecule has 1 heterocycles. The van der Waals surface area contributed by atoms with E-state index in [2.05, 4.69) is 0 Å². The van der Waals surface area contributed by atoms with Crippen molar-refractivity contribution < 1.29 is 26.7 Å². The Labute approximate surface area is 155 Å². The summed E-state index contributed by atoms with van der Waals surface area (Å²) < 4.78 is 59.6. The van der Waals surface area contributed by atoms with Crippen LogP contribution in [0.5, 0.6) is 0 Å². The molecule has 0 aliphatic carbocycles. The summed E-state index contributed by atoms with van der Waals surface area (Å²) in [6, 6.07) is 9.11. The van der Waals surface area contributed by atoms with Gasteiger partial charge in [-0.2, -0.15) is 4.31 Å². The van der Waals surface area contributed by atoms with E-state index in [-0.39, 0.29) is 18.7 Å². The van der Waals surface area contributed by atoms with E-state index >= 15 is 0 Å². The molecule has 8 heteroatoms. The lowest BCUT2D eigenvalue weighted by Crippen LogP contribution is -2.34. The normalized spacial score (nSPS) is 17.6. The molecule has 0 bridgehead atoms. The van der Waals surface area contributed by atoms with Gasteiger partial charge in [0.1, 0.15) is 16.5 Å². The summed E-state index contributed by atoms with van der Waals surface area (Å²) in [5.74, 6) is -2.06. The quantitative estimate of drug-likeness (QED) is 0.732. The van der Waals surface area contributed by atoms with Gasteiger partial charge < -0.3 is 4.74 Å². The Morgan fingerprint density at radius 3 is 2.44 bits per heavy atom. The highest BCUT2D eigenvalue weighted by atomic mass is 32.2. The predicted octanol–water partition coefficient (Wildman–Crippen LogP) is 3.20. The molecule has 0 N–H and O–H groups in total. The second-order valence-electron chi connectivity index (χ2n) is 5.84. The first-order chi connectivity index (χ1) is 12.9. The molecule has 5 nitrogen and oxygen atoms in total. The molecule has 0 aromatic heterocycles. The number of benzene rings is 2. The third-order valence-electron chi connectivity index (χ3n) is 4.19. The van der Waals surface area contributed by atoms with Crippen LogP contribution < -0.4 is 0 Å². The van der Waals surface area contributed by atoms with E-state index < -0.39 is 38.6 Å². The summed E-state index contributed by atoms with van der Waals surface area (Å²) in [6.07, 6.45) is 1.43. The maximum atomic E-state index is 14.1. The van der Waals surface area contributed by atoms with Gasteiger partial charge in [0.25, 0.3) is 0 Å². The number of esters is 1. The molecule has 0 saturated carbocycles. The molecular formula is C19H17F2NO4S. The molecule has 0 amide bonds. The summed E-state index contributed by atoms with van der Waals surface area (Å²) in [6.45, 7) is 1.62. The number of hydrogen-bond acceptors (Lipinski definition) is 4. The number of carbonyl (C=O) groups excluding carboxylic acids is 1. The van der Waals surface area contributed by atoms with Crippen LogP contribution >= 0.6 is 0 Å². The minimum absolute atomic E-state index is 0.114. The van der Waals surface area contributed by atoms with Crippen molar-refractivity contribution in [3.63, 3.8) is 0 Å². The zero-order chi connectivity index (χ0) is 19.6. The highest BCUT2D eigenvalue weighted by Gasteiger charge is 2.41. The van der Waals surface area contributed by atoms with Crippen molar-refractivity contribution in [2.24, 2.45) is 0 Å². The zero-order valence-corrected chi connectivity index (χ0v) is 15.2. The molecule has 1 aliphatic heterocycles. The lowest BCUT2D eigenvalue weighted by Gasteiger charge is -2.26. The van der Waals surface area contributed by atoms with Crippen LogP contribution in [0, 0.1) is 11.6 Å². The third kappa shape index (κ3) is 3.63. The monoisotopic (exact) mass is 393 g/mol. The Bertz CT molecular complexity index is 987. The molecule has 1 atom stereocenters. The van der Waals surface area contributed by atoms with Gasteiger partial charge in [-0.05, 0) is 36.8 Å². The average Bonchev–Trinajstić information content (AvgIpc) is 3.09. The minimum Gasteiger partial charge on any atom is -0.463 e. The molecular weight excluding hydrogens is 376 g/mol. The van der Waals surface area contributed by atoms with E-state index in [0.717, 1.165) is 16.4 Å². The van der Waals surface area contributed by atoms with Gasteiger partial charge in [-0.3, -0.25) is 0 Å². The Balaban J connectivity index is 2.08. The maximum Gasteiger partial charge on any atom is 0.335 e. The molecule has 142 valence electrons. The van der Waals surface area contributed by atoms with Crippen LogP contribution in [0.1, 0.15) is 18.5 Å². The summed E-state index contributed by atoms with van der Waals surface area (Å²) in [5.41, 5.74) is 0.497. The fourth-order valence-corrected chi connectivity index (χ4v) is 4.58. The van der Waals surface area contributed by atoms with Crippen molar-refractivity contribution in [3.8, 4) is 0 Å². The van der Waals surface area contributed by atoms with Crippen molar-refractivity contribution in [2.45, 2.75) is 17.9 Å². The van der Waals surface area contributed by atoms with Crippen LogP contribution in [0.4, 0.5) is 8.78 Å². The van der Waals surface area contributed by atoms with E-state index in [1.165, 1.54) is 42.5 Å². The van der Waals surface area contributed by atoms with Gasteiger partial charge in [0.2, 0.25) is 10.0 Å². The summed E-state index contributed by atoms with van der Waals surface area (Å²) >= 11 is 0. The average molecular weight is 393 g/mol. The van der Waals surface area contributed by atoms with Crippen molar-refractivity contribution >= 4 is 16.0 Å². The van der Waals surface area contributed by atoms with Gasteiger partial charge >= 0.3 is 5.97 Å². The van der Waals surface area contributed by atoms with Gasteiger partial charge in [0.15, 0.2) is 0 Å². The summed E-state index contributed by atoms with van der Waals surface area (Å²) in [5, 5.41) is 0. The Hall–Kier alpha value is -2.58. The van der Waals surface area contributed by atoms with Crippen molar-refractivity contribution in [2.75, 3.05) is 13.2 Å². The number of ether oxygens (including phenoxy) is 1. The molecule has 27 heavy (non-hydrogen) atoms. The summed E-state index contributed by atoms with van der Waals surface area (Å²) in [7, 11) is -4.25. The van der Waals surface area contributed by atoms with Crippen LogP contribution in [-0.4, -0.2) is 31.8 Å². The van der Waals surface area contributed by atoms with Gasteiger partial charge in [-0.25, -0.2) is 22.0 Å². The van der Waals surface area contributed by atoms with Crippen LogP contribution in [0.3, 0.4) is 0 Å². The second-order valence-corrected chi connectivity index (χ2v) is 7.70. The standard InChI is InChI=1S/C19H17F2NO4S/c1-2-26-19(23)15-11-12-22(18(15)13-7-9-14(20)10-8-13)27(24,25)17-6-4-3-5-16(17)21/h3-11,18H,2,12H2,1H3. The smallest absolute Gasteiger partial charge is 0.335 e. The molecule has 0 radical (unpaired) electrons. The van der Waals surface area contributed by atoms with Crippen molar-refractivity contribution in [3.05, 3.63) is 77.4 Å². The first-order valence-electron chi connectivity index (χ1n) is 8.25. The maximum absolute atomic E-state index is 14.1. The van der Waals surface area contributed by atoms with Gasteiger partial charge in [0, 0.05) is 6.54 Å². The first kappa shape index (κ1) is 19.2. The van der Waals surface area contributed by atoms with E-state index in [1.54, 1.807) is 6.92 Å². The molecule has 0 spiro atoms. The van der Waals surface area contributed by atoms with Crippen molar-refractivity contribution in [1.29, 1.82) is 0 Å². The van der Waals surface area contributed by atoms with Gasteiger partial charge in [-0.15, -0.1) is 0 Å². The Kier molecular flexibility index (Phi) is 5.38. The van der Waals surface area contributed by atoms with E-state index in [9.17, 15) is 22.0 Å². The zero-order valence-electron chi connectivity index (χ0n) is 14.4. The van der Waals surface area contributed by atoms with Crippen LogP contribution in [0.25, 0.3) is 0 Å². The van der Waals surface area contributed by atoms with Crippen molar-refractivity contribution in [1.82, 2.24) is 4.31 Å². The number of nitrogens with zero attached hydrogens (tertiary/aromatic N) is 1. The number of halogens is 2. The van der Waals surface area contributed by atoms with Gasteiger partial charge in [-0.1, -0.05) is 30.3 Å².